The Balaban J connectivity index is 1.76. The lowest BCUT2D eigenvalue weighted by atomic mass is 10.1. The van der Waals surface area contributed by atoms with Crippen LogP contribution < -0.4 is 4.90 Å². The number of morpholine rings is 1. The van der Waals surface area contributed by atoms with Gasteiger partial charge in [0.2, 0.25) is 0 Å². The maximum absolute atomic E-state index is 12.9. The van der Waals surface area contributed by atoms with Crippen molar-refractivity contribution in [3.63, 3.8) is 0 Å². The van der Waals surface area contributed by atoms with Gasteiger partial charge >= 0.3 is 0 Å². The number of hydrogen-bond acceptors (Lipinski definition) is 3. The van der Waals surface area contributed by atoms with Gasteiger partial charge in [-0.15, -0.1) is 0 Å². The first-order valence-electron chi connectivity index (χ1n) is 8.95. The number of anilines is 1. The zero-order chi connectivity index (χ0) is 18.5. The molecule has 3 rings (SSSR count). The van der Waals surface area contributed by atoms with Gasteiger partial charge in [-0.25, -0.2) is 0 Å². The molecule has 1 heterocycles. The molecule has 0 bridgehead atoms. The monoisotopic (exact) mass is 352 g/mol. The largest absolute Gasteiger partial charge is 0.378 e. The van der Waals surface area contributed by atoms with Gasteiger partial charge in [0.25, 0.3) is 11.8 Å². The van der Waals surface area contributed by atoms with Crippen molar-refractivity contribution in [2.24, 2.45) is 0 Å². The number of amides is 2. The summed E-state index contributed by atoms with van der Waals surface area (Å²) in [5.41, 5.74) is 3.17. The maximum Gasteiger partial charge on any atom is 0.258 e. The molecule has 136 valence electrons. The molecule has 0 saturated carbocycles. The van der Waals surface area contributed by atoms with Gasteiger partial charge in [-0.2, -0.15) is 0 Å². The molecule has 0 aliphatic carbocycles. The third kappa shape index (κ3) is 3.94. The van der Waals surface area contributed by atoms with Crippen LogP contribution in [0.2, 0.25) is 0 Å². The van der Waals surface area contributed by atoms with Crippen molar-refractivity contribution < 1.29 is 14.3 Å². The summed E-state index contributed by atoms with van der Waals surface area (Å²) in [6, 6.07) is 14.8. The molecule has 5 nitrogen and oxygen atoms in total. The maximum atomic E-state index is 12.9. The molecular weight excluding hydrogens is 328 g/mol. The molecule has 1 aliphatic rings. The van der Waals surface area contributed by atoms with E-state index >= 15 is 0 Å². The van der Waals surface area contributed by atoms with Crippen molar-refractivity contribution in [1.29, 1.82) is 0 Å². The quantitative estimate of drug-likeness (QED) is 0.849. The Bertz CT molecular complexity index is 780. The number of hydrogen-bond donors (Lipinski definition) is 0. The van der Waals surface area contributed by atoms with Crippen LogP contribution in [-0.4, -0.2) is 49.6 Å². The highest BCUT2D eigenvalue weighted by Crippen LogP contribution is 2.19. The molecule has 2 aromatic rings. The lowest BCUT2D eigenvalue weighted by molar-refractivity contribution is 0.0303. The number of benzene rings is 2. The van der Waals surface area contributed by atoms with Crippen molar-refractivity contribution in [2.75, 3.05) is 37.7 Å². The lowest BCUT2D eigenvalue weighted by Gasteiger charge is -2.27. The summed E-state index contributed by atoms with van der Waals surface area (Å²) in [6.45, 7) is 6.91. The fourth-order valence-corrected chi connectivity index (χ4v) is 3.10. The molecule has 26 heavy (non-hydrogen) atoms. The topological polar surface area (TPSA) is 49.9 Å². The van der Waals surface area contributed by atoms with Crippen molar-refractivity contribution in [1.82, 2.24) is 4.90 Å². The summed E-state index contributed by atoms with van der Waals surface area (Å²) < 4.78 is 5.28. The minimum atomic E-state index is -0.0662. The Kier molecular flexibility index (Phi) is 5.68. The molecule has 0 spiro atoms. The van der Waals surface area contributed by atoms with E-state index in [1.807, 2.05) is 38.1 Å². The van der Waals surface area contributed by atoms with Gasteiger partial charge in [-0.05, 0) is 55.8 Å². The van der Waals surface area contributed by atoms with Gasteiger partial charge in [0.05, 0.1) is 13.2 Å². The molecule has 0 aromatic heterocycles. The number of aryl methyl sites for hydroxylation is 1. The van der Waals surface area contributed by atoms with Gasteiger partial charge in [-0.3, -0.25) is 9.59 Å². The Morgan fingerprint density at radius 1 is 1.04 bits per heavy atom. The van der Waals surface area contributed by atoms with Crippen LogP contribution in [0.25, 0.3) is 0 Å². The zero-order valence-corrected chi connectivity index (χ0v) is 15.3. The smallest absolute Gasteiger partial charge is 0.258 e. The second kappa shape index (κ2) is 8.15. The average molecular weight is 352 g/mol. The fourth-order valence-electron chi connectivity index (χ4n) is 3.10. The summed E-state index contributed by atoms with van der Waals surface area (Å²) >= 11 is 0. The zero-order valence-electron chi connectivity index (χ0n) is 15.3. The minimum absolute atomic E-state index is 0.0154. The molecule has 2 aromatic carbocycles. The van der Waals surface area contributed by atoms with E-state index in [2.05, 4.69) is 0 Å². The third-order valence-corrected chi connectivity index (χ3v) is 4.55. The second-order valence-electron chi connectivity index (χ2n) is 6.37. The van der Waals surface area contributed by atoms with Gasteiger partial charge in [-0.1, -0.05) is 12.1 Å². The normalized spacial score (nSPS) is 14.2. The number of rotatable bonds is 4. The molecule has 2 amide bonds. The molecule has 0 unspecified atom stereocenters. The van der Waals surface area contributed by atoms with Crippen LogP contribution in [-0.2, 0) is 4.74 Å². The van der Waals surface area contributed by atoms with Crippen LogP contribution in [0.1, 0.15) is 33.2 Å². The van der Waals surface area contributed by atoms with E-state index < -0.39 is 0 Å². The van der Waals surface area contributed by atoms with E-state index in [1.54, 1.807) is 34.1 Å². The molecule has 1 saturated heterocycles. The Morgan fingerprint density at radius 3 is 2.31 bits per heavy atom. The highest BCUT2D eigenvalue weighted by molar-refractivity contribution is 6.06. The number of carbonyl (C=O) groups excluding carboxylic acids is 2. The SMILES string of the molecule is CCN(C(=O)c1ccc(C(=O)N2CCOCC2)cc1)c1cccc(C)c1. The standard InChI is InChI=1S/C21H24N2O3/c1-3-23(19-6-4-5-16(2)15-19)21(25)18-9-7-17(8-10-18)20(24)22-11-13-26-14-12-22/h4-10,15H,3,11-14H2,1-2H3. The molecule has 5 heteroatoms. The summed E-state index contributed by atoms with van der Waals surface area (Å²) in [5, 5.41) is 0. The number of carbonyl (C=O) groups is 2. The van der Waals surface area contributed by atoms with Gasteiger partial charge in [0.1, 0.15) is 0 Å². The third-order valence-electron chi connectivity index (χ3n) is 4.55. The molecule has 0 atom stereocenters. The first-order valence-corrected chi connectivity index (χ1v) is 8.95. The van der Waals surface area contributed by atoms with Crippen LogP contribution in [0, 0.1) is 6.92 Å². The first-order chi connectivity index (χ1) is 12.6. The van der Waals surface area contributed by atoms with Crippen LogP contribution in [0.3, 0.4) is 0 Å². The van der Waals surface area contributed by atoms with E-state index in [0.717, 1.165) is 11.3 Å². The molecule has 0 radical (unpaired) electrons. The van der Waals surface area contributed by atoms with Gasteiger partial charge in [0.15, 0.2) is 0 Å². The van der Waals surface area contributed by atoms with Crippen molar-refractivity contribution in [2.45, 2.75) is 13.8 Å². The summed E-state index contributed by atoms with van der Waals surface area (Å²) in [6.07, 6.45) is 0. The second-order valence-corrected chi connectivity index (χ2v) is 6.37. The Morgan fingerprint density at radius 2 is 1.69 bits per heavy atom. The first kappa shape index (κ1) is 18.1. The van der Waals surface area contributed by atoms with E-state index in [1.165, 1.54) is 0 Å². The minimum Gasteiger partial charge on any atom is -0.378 e. The van der Waals surface area contributed by atoms with Crippen molar-refractivity contribution >= 4 is 17.5 Å². The Hall–Kier alpha value is -2.66. The summed E-state index contributed by atoms with van der Waals surface area (Å²) in [7, 11) is 0. The van der Waals surface area contributed by atoms with E-state index in [0.29, 0.717) is 44.0 Å². The van der Waals surface area contributed by atoms with Crippen LogP contribution >= 0.6 is 0 Å². The highest BCUT2D eigenvalue weighted by Gasteiger charge is 2.20. The van der Waals surface area contributed by atoms with Crippen molar-refractivity contribution in [3.05, 3.63) is 65.2 Å². The predicted octanol–water partition coefficient (Wildman–Crippen LogP) is 3.13. The summed E-state index contributed by atoms with van der Waals surface area (Å²) in [5.74, 6) is -0.0817. The van der Waals surface area contributed by atoms with E-state index in [4.69, 9.17) is 4.74 Å². The van der Waals surface area contributed by atoms with Crippen LogP contribution in [0.5, 0.6) is 0 Å². The van der Waals surface area contributed by atoms with Crippen LogP contribution in [0.15, 0.2) is 48.5 Å². The fraction of sp³-hybridized carbons (Fsp3) is 0.333. The lowest BCUT2D eigenvalue weighted by Crippen LogP contribution is -2.40. The molecular formula is C21H24N2O3. The van der Waals surface area contributed by atoms with Gasteiger partial charge in [0, 0.05) is 36.4 Å². The molecule has 1 aliphatic heterocycles. The average Bonchev–Trinajstić information content (AvgIpc) is 2.69. The van der Waals surface area contributed by atoms with Gasteiger partial charge < -0.3 is 14.5 Å². The number of nitrogens with zero attached hydrogens (tertiary/aromatic N) is 2. The molecule has 0 N–H and O–H groups in total. The predicted molar refractivity (Wildman–Crippen MR) is 102 cm³/mol. The Labute approximate surface area is 154 Å². The number of ether oxygens (including phenoxy) is 1. The van der Waals surface area contributed by atoms with E-state index in [9.17, 15) is 9.59 Å². The van der Waals surface area contributed by atoms with Crippen molar-refractivity contribution in [3.8, 4) is 0 Å². The van der Waals surface area contributed by atoms with E-state index in [-0.39, 0.29) is 11.8 Å². The summed E-state index contributed by atoms with van der Waals surface area (Å²) in [4.78, 5) is 28.9. The molecule has 1 fully saturated rings. The highest BCUT2D eigenvalue weighted by atomic mass is 16.5. The van der Waals surface area contributed by atoms with Crippen LogP contribution in [0.4, 0.5) is 5.69 Å².